The summed E-state index contributed by atoms with van der Waals surface area (Å²) in [5, 5.41) is 4.16. The molecule has 3 aromatic carbocycles. The number of piperidine rings is 1. The number of carbonyl (C=O) groups is 2. The normalized spacial score (nSPS) is 14.2. The number of nitrogens with zero attached hydrogens (tertiary/aromatic N) is 2. The van der Waals surface area contributed by atoms with E-state index in [1.807, 2.05) is 90.7 Å². The first-order valence-electron chi connectivity index (χ1n) is 11.6. The fourth-order valence-electron chi connectivity index (χ4n) is 4.04. The van der Waals surface area contributed by atoms with Crippen molar-refractivity contribution in [3.05, 3.63) is 101 Å². The standard InChI is InChI=1S/C28H29N3O3/c1-21-9-5-7-13-25(21)28(33)31-17-15-23(16-18-31)27(32)30-29-19-24-12-6-8-14-26(24)34-20-22-10-3-2-4-11-22/h2-14,19,23H,15-18,20H2,1H3,(H,30,32)/b29-19+. The molecule has 0 unspecified atom stereocenters. The van der Waals surface area contributed by atoms with Crippen LogP contribution < -0.4 is 10.2 Å². The number of nitrogens with one attached hydrogen (secondary N) is 1. The van der Waals surface area contributed by atoms with Gasteiger partial charge >= 0.3 is 0 Å². The Hall–Kier alpha value is -3.93. The van der Waals surface area contributed by atoms with Crippen LogP contribution in [0.1, 0.15) is 39.9 Å². The van der Waals surface area contributed by atoms with Crippen molar-refractivity contribution in [1.82, 2.24) is 10.3 Å². The highest BCUT2D eigenvalue weighted by Crippen LogP contribution is 2.21. The van der Waals surface area contributed by atoms with Crippen LogP contribution in [0.2, 0.25) is 0 Å². The van der Waals surface area contributed by atoms with Crippen molar-refractivity contribution >= 4 is 18.0 Å². The summed E-state index contributed by atoms with van der Waals surface area (Å²) in [5.41, 5.74) is 6.22. The molecule has 3 aromatic rings. The van der Waals surface area contributed by atoms with E-state index in [1.54, 1.807) is 6.21 Å². The Labute approximate surface area is 200 Å². The van der Waals surface area contributed by atoms with E-state index in [1.165, 1.54) is 0 Å². The molecule has 0 bridgehead atoms. The maximum atomic E-state index is 12.8. The third-order valence-corrected chi connectivity index (χ3v) is 6.06. The van der Waals surface area contributed by atoms with Gasteiger partial charge in [-0.05, 0) is 49.1 Å². The van der Waals surface area contributed by atoms with Crippen LogP contribution in [0.3, 0.4) is 0 Å². The number of carbonyl (C=O) groups excluding carboxylic acids is 2. The molecule has 1 N–H and O–H groups in total. The number of aryl methyl sites for hydroxylation is 1. The van der Waals surface area contributed by atoms with Crippen molar-refractivity contribution in [2.24, 2.45) is 11.0 Å². The number of para-hydroxylation sites is 1. The highest BCUT2D eigenvalue weighted by Gasteiger charge is 2.28. The van der Waals surface area contributed by atoms with Crippen molar-refractivity contribution in [2.45, 2.75) is 26.4 Å². The highest BCUT2D eigenvalue weighted by molar-refractivity contribution is 5.95. The molecule has 0 spiro atoms. The third kappa shape index (κ3) is 5.90. The van der Waals surface area contributed by atoms with Crippen LogP contribution in [0.4, 0.5) is 0 Å². The minimum atomic E-state index is -0.164. The second kappa shape index (κ2) is 11.3. The molecule has 2 amide bonds. The second-order valence-electron chi connectivity index (χ2n) is 8.43. The van der Waals surface area contributed by atoms with Gasteiger partial charge in [-0.25, -0.2) is 5.43 Å². The van der Waals surface area contributed by atoms with Crippen LogP contribution in [0.15, 0.2) is 84.0 Å². The van der Waals surface area contributed by atoms with Crippen molar-refractivity contribution in [2.75, 3.05) is 13.1 Å². The molecule has 34 heavy (non-hydrogen) atoms. The van der Waals surface area contributed by atoms with Gasteiger partial charge in [0.25, 0.3) is 5.91 Å². The van der Waals surface area contributed by atoms with E-state index in [0.29, 0.717) is 38.3 Å². The Morgan fingerprint density at radius 1 is 0.971 bits per heavy atom. The molecule has 0 saturated carbocycles. The summed E-state index contributed by atoms with van der Waals surface area (Å²) in [5.74, 6) is 0.444. The van der Waals surface area contributed by atoms with E-state index in [0.717, 1.165) is 22.3 Å². The first-order valence-corrected chi connectivity index (χ1v) is 11.6. The number of hydrogen-bond donors (Lipinski definition) is 1. The molecule has 1 heterocycles. The Balaban J connectivity index is 1.28. The van der Waals surface area contributed by atoms with Crippen LogP contribution in [0.5, 0.6) is 5.75 Å². The fraction of sp³-hybridized carbons (Fsp3) is 0.250. The average molecular weight is 456 g/mol. The van der Waals surface area contributed by atoms with Crippen LogP contribution in [0, 0.1) is 12.8 Å². The van der Waals surface area contributed by atoms with Gasteiger partial charge < -0.3 is 9.64 Å². The molecule has 174 valence electrons. The predicted molar refractivity (Wildman–Crippen MR) is 133 cm³/mol. The topological polar surface area (TPSA) is 71.0 Å². The van der Waals surface area contributed by atoms with Gasteiger partial charge in [-0.2, -0.15) is 5.10 Å². The Morgan fingerprint density at radius 2 is 1.65 bits per heavy atom. The van der Waals surface area contributed by atoms with Gasteiger partial charge in [0.1, 0.15) is 12.4 Å². The number of ether oxygens (including phenoxy) is 1. The van der Waals surface area contributed by atoms with Crippen LogP contribution in [-0.4, -0.2) is 36.0 Å². The molecule has 6 nitrogen and oxygen atoms in total. The minimum Gasteiger partial charge on any atom is -0.488 e. The molecule has 6 heteroatoms. The molecule has 0 aromatic heterocycles. The zero-order valence-corrected chi connectivity index (χ0v) is 19.3. The summed E-state index contributed by atoms with van der Waals surface area (Å²) in [4.78, 5) is 27.2. The molecular formula is C28H29N3O3. The van der Waals surface area contributed by atoms with E-state index in [4.69, 9.17) is 4.74 Å². The summed E-state index contributed by atoms with van der Waals surface area (Å²) >= 11 is 0. The van der Waals surface area contributed by atoms with E-state index in [9.17, 15) is 9.59 Å². The molecule has 1 aliphatic heterocycles. The first kappa shape index (κ1) is 23.2. The summed E-state index contributed by atoms with van der Waals surface area (Å²) in [6, 6.07) is 25.1. The van der Waals surface area contributed by atoms with Gasteiger partial charge in [-0.15, -0.1) is 0 Å². The van der Waals surface area contributed by atoms with Gasteiger partial charge in [0.2, 0.25) is 5.91 Å². The minimum absolute atomic E-state index is 0.0297. The van der Waals surface area contributed by atoms with Crippen LogP contribution in [-0.2, 0) is 11.4 Å². The van der Waals surface area contributed by atoms with Crippen molar-refractivity contribution < 1.29 is 14.3 Å². The average Bonchev–Trinajstić information content (AvgIpc) is 2.88. The Kier molecular flexibility index (Phi) is 7.71. The molecular weight excluding hydrogens is 426 g/mol. The largest absolute Gasteiger partial charge is 0.488 e. The van der Waals surface area contributed by atoms with E-state index < -0.39 is 0 Å². The van der Waals surface area contributed by atoms with E-state index in [2.05, 4.69) is 10.5 Å². The Bertz CT molecular complexity index is 1150. The van der Waals surface area contributed by atoms with Crippen molar-refractivity contribution in [3.8, 4) is 5.75 Å². The number of benzene rings is 3. The van der Waals surface area contributed by atoms with E-state index >= 15 is 0 Å². The number of amides is 2. The number of hydrogen-bond acceptors (Lipinski definition) is 4. The van der Waals surface area contributed by atoms with Crippen LogP contribution in [0.25, 0.3) is 0 Å². The number of hydrazone groups is 1. The third-order valence-electron chi connectivity index (χ3n) is 6.06. The molecule has 1 saturated heterocycles. The van der Waals surface area contributed by atoms with Crippen molar-refractivity contribution in [1.29, 1.82) is 0 Å². The summed E-state index contributed by atoms with van der Waals surface area (Å²) in [6.07, 6.45) is 2.85. The Morgan fingerprint density at radius 3 is 2.41 bits per heavy atom. The fourth-order valence-corrected chi connectivity index (χ4v) is 4.04. The van der Waals surface area contributed by atoms with Gasteiger partial charge in [-0.3, -0.25) is 9.59 Å². The number of likely N-dealkylation sites (tertiary alicyclic amines) is 1. The van der Waals surface area contributed by atoms with Gasteiger partial charge in [0.15, 0.2) is 0 Å². The lowest BCUT2D eigenvalue weighted by atomic mass is 9.95. The molecule has 1 aliphatic rings. The zero-order chi connectivity index (χ0) is 23.8. The molecule has 0 atom stereocenters. The predicted octanol–water partition coefficient (Wildman–Crippen LogP) is 4.58. The van der Waals surface area contributed by atoms with Gasteiger partial charge in [-0.1, -0.05) is 60.7 Å². The van der Waals surface area contributed by atoms with Gasteiger partial charge in [0.05, 0.1) is 6.21 Å². The van der Waals surface area contributed by atoms with Crippen molar-refractivity contribution in [3.63, 3.8) is 0 Å². The highest BCUT2D eigenvalue weighted by atomic mass is 16.5. The monoisotopic (exact) mass is 455 g/mol. The molecule has 4 rings (SSSR count). The quantitative estimate of drug-likeness (QED) is 0.419. The SMILES string of the molecule is Cc1ccccc1C(=O)N1CCC(C(=O)N/N=C/c2ccccc2OCc2ccccc2)CC1. The van der Waals surface area contributed by atoms with E-state index in [-0.39, 0.29) is 17.7 Å². The molecule has 1 fully saturated rings. The van der Waals surface area contributed by atoms with Crippen LogP contribution >= 0.6 is 0 Å². The second-order valence-corrected chi connectivity index (χ2v) is 8.43. The molecule has 0 aliphatic carbocycles. The van der Waals surface area contributed by atoms with Gasteiger partial charge in [0, 0.05) is 30.1 Å². The summed E-state index contributed by atoms with van der Waals surface area (Å²) in [7, 11) is 0. The summed E-state index contributed by atoms with van der Waals surface area (Å²) < 4.78 is 5.93. The number of rotatable bonds is 7. The summed E-state index contributed by atoms with van der Waals surface area (Å²) in [6.45, 7) is 3.52. The first-order chi connectivity index (χ1) is 16.6. The lowest BCUT2D eigenvalue weighted by molar-refractivity contribution is -0.126. The lowest BCUT2D eigenvalue weighted by Gasteiger charge is -2.31. The molecule has 0 radical (unpaired) electrons. The maximum absolute atomic E-state index is 12.8. The maximum Gasteiger partial charge on any atom is 0.254 e. The zero-order valence-electron chi connectivity index (χ0n) is 19.3. The lowest BCUT2D eigenvalue weighted by Crippen LogP contribution is -2.42. The smallest absolute Gasteiger partial charge is 0.254 e.